The number of rotatable bonds is 8. The fourth-order valence-corrected chi connectivity index (χ4v) is 2.84. The van der Waals surface area contributed by atoms with Crippen molar-refractivity contribution in [3.63, 3.8) is 0 Å². The predicted molar refractivity (Wildman–Crippen MR) is 106 cm³/mol. The smallest absolute Gasteiger partial charge is 0.247 e. The van der Waals surface area contributed by atoms with E-state index in [9.17, 15) is 9.18 Å². The van der Waals surface area contributed by atoms with Crippen molar-refractivity contribution < 1.29 is 13.9 Å². The summed E-state index contributed by atoms with van der Waals surface area (Å²) < 4.78 is 19.1. The van der Waals surface area contributed by atoms with Crippen LogP contribution in [0.1, 0.15) is 37.8 Å². The molecular weight excluding hydrogens is 341 g/mol. The monoisotopic (exact) mass is 367 g/mol. The molecule has 1 fully saturated rings. The molecule has 1 saturated carbocycles. The summed E-state index contributed by atoms with van der Waals surface area (Å²) in [5.41, 5.74) is 1.74. The summed E-state index contributed by atoms with van der Waals surface area (Å²) in [6.45, 7) is 5.45. The van der Waals surface area contributed by atoms with Gasteiger partial charge in [0.05, 0.1) is 6.61 Å². The zero-order chi connectivity index (χ0) is 19.2. The van der Waals surface area contributed by atoms with Crippen LogP contribution in [0.15, 0.2) is 54.6 Å². The molecule has 0 heterocycles. The molecule has 142 valence electrons. The number of nitrogens with zero attached hydrogens (tertiary/aromatic N) is 1. The summed E-state index contributed by atoms with van der Waals surface area (Å²) in [4.78, 5) is 14.6. The zero-order valence-corrected chi connectivity index (χ0v) is 15.9. The predicted octanol–water partition coefficient (Wildman–Crippen LogP) is 5.06. The van der Waals surface area contributed by atoms with Crippen LogP contribution in [-0.4, -0.2) is 23.5 Å². The Balaban J connectivity index is 1.67. The van der Waals surface area contributed by atoms with Crippen LogP contribution in [-0.2, 0) is 11.3 Å². The number of carbonyl (C=O) groups excluding carboxylic acids is 1. The zero-order valence-electron chi connectivity index (χ0n) is 15.9. The second-order valence-electron chi connectivity index (χ2n) is 7.44. The lowest BCUT2D eigenvalue weighted by Gasteiger charge is -2.21. The number of ether oxygens (including phenoxy) is 1. The minimum atomic E-state index is -0.304. The van der Waals surface area contributed by atoms with Gasteiger partial charge in [-0.3, -0.25) is 4.79 Å². The molecule has 1 aliphatic carbocycles. The Hall–Kier alpha value is -2.62. The van der Waals surface area contributed by atoms with E-state index in [1.807, 2.05) is 29.2 Å². The summed E-state index contributed by atoms with van der Waals surface area (Å²) in [6.07, 6.45) is 5.27. The standard InChI is InChI=1S/C23H26FNO2/c1-17(2)16-27-22-8-4-6-19(14-22)15-25(21-10-11-21)23(26)12-9-18-5-3-7-20(24)13-18/h3-9,12-14,17,21H,10-11,15-16H2,1-2H3/b12-9+. The largest absolute Gasteiger partial charge is 0.493 e. The van der Waals surface area contributed by atoms with E-state index in [0.29, 0.717) is 24.6 Å². The number of hydrogen-bond donors (Lipinski definition) is 0. The molecule has 0 bridgehead atoms. The highest BCUT2D eigenvalue weighted by Crippen LogP contribution is 2.29. The second kappa shape index (κ2) is 8.85. The fraction of sp³-hybridized carbons (Fsp3) is 0.348. The summed E-state index contributed by atoms with van der Waals surface area (Å²) in [5, 5.41) is 0. The summed E-state index contributed by atoms with van der Waals surface area (Å²) in [7, 11) is 0. The van der Waals surface area contributed by atoms with Crippen LogP contribution in [0.3, 0.4) is 0 Å². The van der Waals surface area contributed by atoms with Crippen LogP contribution < -0.4 is 4.74 Å². The molecule has 0 spiro atoms. The van der Waals surface area contributed by atoms with E-state index >= 15 is 0 Å². The number of carbonyl (C=O) groups is 1. The minimum Gasteiger partial charge on any atom is -0.493 e. The Morgan fingerprint density at radius 1 is 1.22 bits per heavy atom. The maximum Gasteiger partial charge on any atom is 0.247 e. The Labute approximate surface area is 160 Å². The molecule has 0 N–H and O–H groups in total. The Morgan fingerprint density at radius 2 is 2.00 bits per heavy atom. The quantitative estimate of drug-likeness (QED) is 0.610. The first-order chi connectivity index (χ1) is 13.0. The molecule has 4 heteroatoms. The van der Waals surface area contributed by atoms with E-state index in [1.165, 1.54) is 18.2 Å². The minimum absolute atomic E-state index is 0.0461. The molecule has 0 unspecified atom stereocenters. The van der Waals surface area contributed by atoms with Crippen molar-refractivity contribution in [1.82, 2.24) is 4.90 Å². The molecule has 3 nitrogen and oxygen atoms in total. The van der Waals surface area contributed by atoms with Crippen LogP contribution in [0.2, 0.25) is 0 Å². The maximum absolute atomic E-state index is 13.3. The van der Waals surface area contributed by atoms with E-state index < -0.39 is 0 Å². The van der Waals surface area contributed by atoms with E-state index in [-0.39, 0.29) is 17.8 Å². The first-order valence-corrected chi connectivity index (χ1v) is 9.47. The number of hydrogen-bond acceptors (Lipinski definition) is 2. The van der Waals surface area contributed by atoms with Crippen molar-refractivity contribution in [2.45, 2.75) is 39.3 Å². The molecule has 2 aromatic rings. The molecule has 0 aliphatic heterocycles. The average molecular weight is 367 g/mol. The SMILES string of the molecule is CC(C)COc1cccc(CN(C(=O)/C=C/c2cccc(F)c2)C2CC2)c1. The van der Waals surface area contributed by atoms with Gasteiger partial charge >= 0.3 is 0 Å². The third kappa shape index (κ3) is 5.95. The number of benzene rings is 2. The maximum atomic E-state index is 13.3. The molecule has 27 heavy (non-hydrogen) atoms. The summed E-state index contributed by atoms with van der Waals surface area (Å²) >= 11 is 0. The van der Waals surface area contributed by atoms with Gasteiger partial charge in [0.1, 0.15) is 11.6 Å². The van der Waals surface area contributed by atoms with Gasteiger partial charge in [-0.2, -0.15) is 0 Å². The molecule has 0 atom stereocenters. The lowest BCUT2D eigenvalue weighted by Crippen LogP contribution is -2.31. The summed E-state index contributed by atoms with van der Waals surface area (Å²) in [5.74, 6) is 0.947. The first kappa shape index (κ1) is 19.2. The Morgan fingerprint density at radius 3 is 2.70 bits per heavy atom. The second-order valence-corrected chi connectivity index (χ2v) is 7.44. The van der Waals surface area contributed by atoms with Gasteiger partial charge in [0.2, 0.25) is 5.91 Å². The average Bonchev–Trinajstić information content (AvgIpc) is 3.48. The van der Waals surface area contributed by atoms with Crippen LogP contribution in [0.25, 0.3) is 6.08 Å². The van der Waals surface area contributed by atoms with Gasteiger partial charge in [0, 0.05) is 18.7 Å². The van der Waals surface area contributed by atoms with Crippen molar-refractivity contribution >= 4 is 12.0 Å². The van der Waals surface area contributed by atoms with Gasteiger partial charge in [0.15, 0.2) is 0 Å². The van der Waals surface area contributed by atoms with Gasteiger partial charge in [-0.05, 0) is 60.2 Å². The van der Waals surface area contributed by atoms with Crippen molar-refractivity contribution in [1.29, 1.82) is 0 Å². The van der Waals surface area contributed by atoms with Crippen LogP contribution in [0.4, 0.5) is 4.39 Å². The van der Waals surface area contributed by atoms with Crippen molar-refractivity contribution in [3.8, 4) is 5.75 Å². The van der Waals surface area contributed by atoms with Crippen LogP contribution in [0, 0.1) is 11.7 Å². The molecule has 1 aliphatic rings. The molecular formula is C23H26FNO2. The Kier molecular flexibility index (Phi) is 6.28. The van der Waals surface area contributed by atoms with Crippen molar-refractivity contribution in [3.05, 3.63) is 71.6 Å². The highest BCUT2D eigenvalue weighted by molar-refractivity contribution is 5.92. The summed E-state index contributed by atoms with van der Waals surface area (Å²) in [6, 6.07) is 14.4. The van der Waals surface area contributed by atoms with Gasteiger partial charge in [-0.25, -0.2) is 4.39 Å². The van der Waals surface area contributed by atoms with Crippen LogP contribution in [0.5, 0.6) is 5.75 Å². The topological polar surface area (TPSA) is 29.5 Å². The van der Waals surface area contributed by atoms with Gasteiger partial charge in [-0.1, -0.05) is 38.1 Å². The van der Waals surface area contributed by atoms with E-state index in [4.69, 9.17) is 4.74 Å². The van der Waals surface area contributed by atoms with Crippen molar-refractivity contribution in [2.75, 3.05) is 6.61 Å². The van der Waals surface area contributed by atoms with Gasteiger partial charge in [0.25, 0.3) is 0 Å². The Bertz CT molecular complexity index is 812. The van der Waals surface area contributed by atoms with Crippen LogP contribution >= 0.6 is 0 Å². The lowest BCUT2D eigenvalue weighted by molar-refractivity contribution is -0.127. The normalized spacial score (nSPS) is 13.9. The molecule has 2 aromatic carbocycles. The lowest BCUT2D eigenvalue weighted by atomic mass is 10.1. The highest BCUT2D eigenvalue weighted by Gasteiger charge is 2.31. The number of halogens is 1. The van der Waals surface area contributed by atoms with Gasteiger partial charge in [-0.15, -0.1) is 0 Å². The first-order valence-electron chi connectivity index (χ1n) is 9.47. The molecule has 0 aromatic heterocycles. The molecule has 0 saturated heterocycles. The van der Waals surface area contributed by atoms with E-state index in [2.05, 4.69) is 13.8 Å². The number of amides is 1. The third-order valence-electron chi connectivity index (χ3n) is 4.37. The fourth-order valence-electron chi connectivity index (χ4n) is 2.84. The van der Waals surface area contributed by atoms with E-state index in [0.717, 1.165) is 24.2 Å². The third-order valence-corrected chi connectivity index (χ3v) is 4.37. The van der Waals surface area contributed by atoms with Gasteiger partial charge < -0.3 is 9.64 Å². The van der Waals surface area contributed by atoms with E-state index in [1.54, 1.807) is 18.2 Å². The van der Waals surface area contributed by atoms with Crippen molar-refractivity contribution in [2.24, 2.45) is 5.92 Å². The highest BCUT2D eigenvalue weighted by atomic mass is 19.1. The molecule has 1 amide bonds. The molecule has 0 radical (unpaired) electrons. The molecule has 3 rings (SSSR count).